The zero-order chi connectivity index (χ0) is 19.8. The van der Waals surface area contributed by atoms with Crippen molar-refractivity contribution in [3.63, 3.8) is 0 Å². The van der Waals surface area contributed by atoms with Crippen molar-refractivity contribution < 1.29 is 34.0 Å². The Bertz CT molecular complexity index is 352. The summed E-state index contributed by atoms with van der Waals surface area (Å²) >= 11 is 0. The molecule has 0 radical (unpaired) electrons. The number of carbonyl (C=O) groups is 2. The molecule has 0 aromatic rings. The lowest BCUT2D eigenvalue weighted by Gasteiger charge is -2.20. The standard InChI is InChI=1S/C17H34N2O7/c1-4-5-10-24-15(11-25-16(22)18-13(2)6-8-20)12-26-17(23)19-14(3)7-9-21/h13-15,20-21H,4-12H2,1-3H3,(H,18,22)(H,19,23). The van der Waals surface area contributed by atoms with Crippen LogP contribution in [-0.2, 0) is 14.2 Å². The Morgan fingerprint density at radius 2 is 1.38 bits per heavy atom. The van der Waals surface area contributed by atoms with E-state index >= 15 is 0 Å². The van der Waals surface area contributed by atoms with Gasteiger partial charge in [-0.15, -0.1) is 0 Å². The Morgan fingerprint density at radius 3 is 1.77 bits per heavy atom. The molecule has 4 N–H and O–H groups in total. The predicted octanol–water partition coefficient (Wildman–Crippen LogP) is 1.17. The van der Waals surface area contributed by atoms with Crippen LogP contribution in [0.4, 0.5) is 9.59 Å². The third kappa shape index (κ3) is 13.7. The van der Waals surface area contributed by atoms with Crippen LogP contribution in [0.3, 0.4) is 0 Å². The van der Waals surface area contributed by atoms with Crippen LogP contribution in [0.15, 0.2) is 0 Å². The minimum Gasteiger partial charge on any atom is -0.447 e. The van der Waals surface area contributed by atoms with Crippen molar-refractivity contribution in [3.8, 4) is 0 Å². The molecule has 0 aliphatic heterocycles. The fraction of sp³-hybridized carbons (Fsp3) is 0.882. The van der Waals surface area contributed by atoms with Gasteiger partial charge in [0.2, 0.25) is 0 Å². The van der Waals surface area contributed by atoms with Crippen molar-refractivity contribution in [3.05, 3.63) is 0 Å². The SMILES string of the molecule is CCCCOC(COC(=O)NC(C)CCO)COC(=O)NC(C)CCO. The van der Waals surface area contributed by atoms with E-state index in [9.17, 15) is 9.59 Å². The molecule has 0 saturated heterocycles. The van der Waals surface area contributed by atoms with Gasteiger partial charge in [-0.2, -0.15) is 0 Å². The predicted molar refractivity (Wildman–Crippen MR) is 95.9 cm³/mol. The first-order valence-corrected chi connectivity index (χ1v) is 9.12. The first kappa shape index (κ1) is 24.4. The van der Waals surface area contributed by atoms with E-state index in [4.69, 9.17) is 24.4 Å². The van der Waals surface area contributed by atoms with Gasteiger partial charge in [-0.1, -0.05) is 13.3 Å². The number of aliphatic hydroxyl groups is 2. The fourth-order valence-electron chi connectivity index (χ4n) is 1.89. The van der Waals surface area contributed by atoms with Crippen LogP contribution in [0.25, 0.3) is 0 Å². The summed E-state index contributed by atoms with van der Waals surface area (Å²) < 4.78 is 15.8. The van der Waals surface area contributed by atoms with E-state index in [1.54, 1.807) is 13.8 Å². The second-order valence-electron chi connectivity index (χ2n) is 6.16. The normalized spacial score (nSPS) is 14.2. The smallest absolute Gasteiger partial charge is 0.407 e. The molecule has 9 nitrogen and oxygen atoms in total. The maximum Gasteiger partial charge on any atom is 0.407 e. The van der Waals surface area contributed by atoms with Crippen molar-refractivity contribution in [1.29, 1.82) is 0 Å². The van der Waals surface area contributed by atoms with E-state index in [1.807, 2.05) is 6.92 Å². The zero-order valence-electron chi connectivity index (χ0n) is 16.0. The first-order chi connectivity index (χ1) is 12.4. The van der Waals surface area contributed by atoms with Crippen LogP contribution < -0.4 is 10.6 Å². The number of ether oxygens (including phenoxy) is 3. The summed E-state index contributed by atoms with van der Waals surface area (Å²) in [5.41, 5.74) is 0. The summed E-state index contributed by atoms with van der Waals surface area (Å²) in [5.74, 6) is 0. The number of unbranched alkanes of at least 4 members (excludes halogenated alkanes) is 1. The van der Waals surface area contributed by atoms with Crippen molar-refractivity contribution >= 4 is 12.2 Å². The van der Waals surface area contributed by atoms with Crippen LogP contribution in [0.1, 0.15) is 46.5 Å². The molecule has 154 valence electrons. The highest BCUT2D eigenvalue weighted by Crippen LogP contribution is 2.01. The van der Waals surface area contributed by atoms with E-state index in [-0.39, 0.29) is 38.5 Å². The number of hydrogen-bond donors (Lipinski definition) is 4. The fourth-order valence-corrected chi connectivity index (χ4v) is 1.89. The highest BCUT2D eigenvalue weighted by molar-refractivity contribution is 5.68. The van der Waals surface area contributed by atoms with Gasteiger partial charge in [0.05, 0.1) is 0 Å². The summed E-state index contributed by atoms with van der Waals surface area (Å²) in [6.45, 7) is 5.85. The number of rotatable bonds is 14. The summed E-state index contributed by atoms with van der Waals surface area (Å²) in [5, 5.41) is 22.8. The maximum absolute atomic E-state index is 11.7. The molecule has 0 bridgehead atoms. The molecule has 9 heteroatoms. The van der Waals surface area contributed by atoms with Crippen LogP contribution in [0.5, 0.6) is 0 Å². The maximum atomic E-state index is 11.7. The lowest BCUT2D eigenvalue weighted by atomic mass is 10.2. The number of aliphatic hydroxyl groups excluding tert-OH is 2. The molecule has 0 fully saturated rings. The van der Waals surface area contributed by atoms with E-state index in [0.29, 0.717) is 19.4 Å². The van der Waals surface area contributed by atoms with Gasteiger partial charge >= 0.3 is 12.2 Å². The Balaban J connectivity index is 4.29. The van der Waals surface area contributed by atoms with Crippen molar-refractivity contribution in [2.75, 3.05) is 33.0 Å². The topological polar surface area (TPSA) is 126 Å². The Morgan fingerprint density at radius 1 is 0.923 bits per heavy atom. The van der Waals surface area contributed by atoms with Crippen LogP contribution in [0.2, 0.25) is 0 Å². The summed E-state index contributed by atoms with van der Waals surface area (Å²) in [6, 6.07) is -0.413. The number of amides is 2. The van der Waals surface area contributed by atoms with Gasteiger partial charge in [-0.3, -0.25) is 0 Å². The van der Waals surface area contributed by atoms with Gasteiger partial charge in [0, 0.05) is 31.9 Å². The highest BCUT2D eigenvalue weighted by Gasteiger charge is 2.17. The molecule has 0 aliphatic carbocycles. The summed E-state index contributed by atoms with van der Waals surface area (Å²) in [7, 11) is 0. The largest absolute Gasteiger partial charge is 0.447 e. The first-order valence-electron chi connectivity index (χ1n) is 9.12. The Kier molecular flexibility index (Phi) is 14.7. The highest BCUT2D eigenvalue weighted by atomic mass is 16.6. The van der Waals surface area contributed by atoms with Gasteiger partial charge in [0.1, 0.15) is 19.3 Å². The van der Waals surface area contributed by atoms with Gasteiger partial charge in [0.15, 0.2) is 0 Å². The van der Waals surface area contributed by atoms with Crippen LogP contribution >= 0.6 is 0 Å². The van der Waals surface area contributed by atoms with Gasteiger partial charge in [0.25, 0.3) is 0 Å². The van der Waals surface area contributed by atoms with E-state index in [2.05, 4.69) is 10.6 Å². The summed E-state index contributed by atoms with van der Waals surface area (Å²) in [6.07, 6.45) is 0.858. The Hall–Kier alpha value is -1.58. The van der Waals surface area contributed by atoms with E-state index in [0.717, 1.165) is 12.8 Å². The van der Waals surface area contributed by atoms with Crippen LogP contribution in [-0.4, -0.2) is 73.6 Å². The van der Waals surface area contributed by atoms with E-state index in [1.165, 1.54) is 0 Å². The monoisotopic (exact) mass is 378 g/mol. The Labute approximate surface area is 155 Å². The molecule has 2 amide bonds. The molecule has 26 heavy (non-hydrogen) atoms. The van der Waals surface area contributed by atoms with Crippen molar-refractivity contribution in [2.45, 2.75) is 64.6 Å². The molecule has 0 aliphatic rings. The van der Waals surface area contributed by atoms with Gasteiger partial charge in [-0.05, 0) is 33.1 Å². The number of carbonyl (C=O) groups excluding carboxylic acids is 2. The lowest BCUT2D eigenvalue weighted by Crippen LogP contribution is -2.38. The number of alkyl carbamates (subject to hydrolysis) is 2. The second-order valence-corrected chi connectivity index (χ2v) is 6.16. The number of nitrogens with one attached hydrogen (secondary N) is 2. The third-order valence-electron chi connectivity index (χ3n) is 3.50. The zero-order valence-corrected chi connectivity index (χ0v) is 16.0. The molecule has 0 spiro atoms. The molecule has 0 rings (SSSR count). The second kappa shape index (κ2) is 15.7. The lowest BCUT2D eigenvalue weighted by molar-refractivity contribution is -0.0300. The average Bonchev–Trinajstić information content (AvgIpc) is 2.57. The average molecular weight is 378 g/mol. The van der Waals surface area contributed by atoms with Crippen molar-refractivity contribution in [1.82, 2.24) is 10.6 Å². The minimum absolute atomic E-state index is 0.0259. The molecule has 0 heterocycles. The van der Waals surface area contributed by atoms with Gasteiger partial charge < -0.3 is 35.1 Å². The molecule has 0 saturated carbocycles. The van der Waals surface area contributed by atoms with Crippen molar-refractivity contribution in [2.24, 2.45) is 0 Å². The molecule has 2 unspecified atom stereocenters. The van der Waals surface area contributed by atoms with Crippen LogP contribution in [0, 0.1) is 0 Å². The summed E-state index contributed by atoms with van der Waals surface area (Å²) in [4.78, 5) is 23.4. The van der Waals surface area contributed by atoms with E-state index < -0.39 is 18.3 Å². The molecule has 0 aromatic carbocycles. The molecule has 2 atom stereocenters. The minimum atomic E-state index is -0.615. The third-order valence-corrected chi connectivity index (χ3v) is 3.50. The molecule has 0 aromatic heterocycles. The number of hydrogen-bond acceptors (Lipinski definition) is 7. The molecular formula is C17H34N2O7. The molecular weight excluding hydrogens is 344 g/mol. The van der Waals surface area contributed by atoms with Gasteiger partial charge in [-0.25, -0.2) is 9.59 Å². The quantitative estimate of drug-likeness (QED) is 0.334.